The lowest BCUT2D eigenvalue weighted by atomic mass is 10.1. The van der Waals surface area contributed by atoms with Gasteiger partial charge < -0.3 is 37.8 Å². The number of nitrogen functional groups attached to an aromatic ring is 3. The van der Waals surface area contributed by atoms with Gasteiger partial charge in [0.2, 0.25) is 5.91 Å². The number of anilines is 5. The molecule has 4 aromatic carbocycles. The molecular weight excluding hydrogens is 858 g/mol. The second-order valence-corrected chi connectivity index (χ2v) is 13.4. The summed E-state index contributed by atoms with van der Waals surface area (Å²) in [4.78, 5) is 46.4. The Labute approximate surface area is 340 Å². The molecule has 3 heterocycles. The van der Waals surface area contributed by atoms with Gasteiger partial charge in [-0.1, -0.05) is 0 Å². The SMILES string of the molecule is CC1Nc2cc(N)c(C(F)(F)F)cc2NC1=O.Cc1cc2nc(C)c(=O)[nH]c2cc1C(F)(F)F.Cc1nc2ccc(C(F)(F)F)cc2[nH]c1=O.Nc1ccc(C(F)(F)F)cc1N. The number of nitrogens with zero attached hydrogens (tertiary/aromatic N) is 2. The lowest BCUT2D eigenvalue weighted by molar-refractivity contribution is -0.138. The number of halogens is 12. The van der Waals surface area contributed by atoms with Gasteiger partial charge in [0.15, 0.2) is 0 Å². The first-order valence-electron chi connectivity index (χ1n) is 17.3. The average Bonchev–Trinajstić information content (AvgIpc) is 3.13. The van der Waals surface area contributed by atoms with Crippen molar-refractivity contribution in [1.82, 2.24) is 19.9 Å². The maximum atomic E-state index is 12.6. The maximum Gasteiger partial charge on any atom is 0.418 e. The molecule has 0 saturated carbocycles. The van der Waals surface area contributed by atoms with Crippen LogP contribution in [0.3, 0.4) is 0 Å². The number of carbonyl (C=O) groups is 1. The predicted octanol–water partition coefficient (Wildman–Crippen LogP) is 8.72. The molecule has 0 spiro atoms. The summed E-state index contributed by atoms with van der Waals surface area (Å²) in [6.07, 6.45) is -17.7. The van der Waals surface area contributed by atoms with Crippen molar-refractivity contribution in [1.29, 1.82) is 0 Å². The number of carbonyl (C=O) groups excluding carboxylic acids is 1. The molecule has 1 aliphatic heterocycles. The van der Waals surface area contributed by atoms with Gasteiger partial charge in [-0.15, -0.1) is 0 Å². The Balaban J connectivity index is 0.000000183. The van der Waals surface area contributed by atoms with E-state index >= 15 is 0 Å². The standard InChI is InChI=1S/C11H9F3N2O.C10H10F3N3O.C10H7F3N2O.C7H7F3N2/c1-5-3-8-9(4-7(5)11(12,13)14)16-10(17)6(2)15-8;1-4-9(17)16-7-2-5(10(11,12)13)6(14)3-8(7)15-4;1-5-9(16)15-8-4-6(10(11,12)13)2-3-7(8)14-5;8-7(9,10)4-1-2-5(11)6(12)3-4/h3-4H,1-2H3,(H,16,17);2-4,15H,14H2,1H3,(H,16,17);2-4H,1H3,(H,15,16);1-3H,11-12H2. The van der Waals surface area contributed by atoms with E-state index in [-0.39, 0.29) is 56.6 Å². The molecule has 24 heteroatoms. The minimum atomic E-state index is -4.53. The van der Waals surface area contributed by atoms with E-state index in [1.54, 1.807) is 6.92 Å². The number of amides is 1. The Hall–Kier alpha value is -7.01. The van der Waals surface area contributed by atoms with Crippen LogP contribution >= 0.6 is 0 Å². The van der Waals surface area contributed by atoms with E-state index in [1.165, 1.54) is 39.0 Å². The predicted molar refractivity (Wildman–Crippen MR) is 207 cm³/mol. The molecule has 1 amide bonds. The lowest BCUT2D eigenvalue weighted by Gasteiger charge is -2.25. The zero-order valence-electron chi connectivity index (χ0n) is 32.2. The second kappa shape index (κ2) is 17.5. The number of alkyl halides is 12. The number of aromatic amines is 2. The van der Waals surface area contributed by atoms with Crippen LogP contribution in [-0.2, 0) is 29.5 Å². The summed E-state index contributed by atoms with van der Waals surface area (Å²) in [5, 5.41) is 5.16. The summed E-state index contributed by atoms with van der Waals surface area (Å²) >= 11 is 0. The van der Waals surface area contributed by atoms with Crippen molar-refractivity contribution in [3.8, 4) is 0 Å². The molecule has 2 aromatic heterocycles. The highest BCUT2D eigenvalue weighted by molar-refractivity contribution is 6.03. The van der Waals surface area contributed by atoms with E-state index in [0.29, 0.717) is 16.7 Å². The van der Waals surface area contributed by atoms with E-state index in [4.69, 9.17) is 17.2 Å². The molecule has 0 saturated heterocycles. The Kier molecular flexibility index (Phi) is 13.5. The van der Waals surface area contributed by atoms with Crippen molar-refractivity contribution in [2.24, 2.45) is 0 Å². The van der Waals surface area contributed by atoms with Gasteiger partial charge in [0, 0.05) is 5.69 Å². The van der Waals surface area contributed by atoms with Crippen molar-refractivity contribution in [2.75, 3.05) is 27.8 Å². The highest BCUT2D eigenvalue weighted by atomic mass is 19.4. The van der Waals surface area contributed by atoms with Crippen LogP contribution in [0.15, 0.2) is 70.3 Å². The molecule has 6 aromatic rings. The van der Waals surface area contributed by atoms with Crippen molar-refractivity contribution in [3.63, 3.8) is 0 Å². The van der Waals surface area contributed by atoms with Gasteiger partial charge in [-0.3, -0.25) is 14.4 Å². The second-order valence-electron chi connectivity index (χ2n) is 13.4. The molecule has 12 nitrogen and oxygen atoms in total. The number of hydrogen-bond donors (Lipinski definition) is 7. The molecule has 1 atom stereocenters. The van der Waals surface area contributed by atoms with Crippen LogP contribution in [0.4, 0.5) is 81.1 Å². The zero-order chi connectivity index (χ0) is 46.9. The first-order chi connectivity index (χ1) is 28.4. The van der Waals surface area contributed by atoms with E-state index in [2.05, 4.69) is 30.6 Å². The normalized spacial score (nSPS) is 13.9. The van der Waals surface area contributed by atoms with E-state index in [1.807, 2.05) is 0 Å². The molecular formula is C38H33F12N9O3. The molecule has 1 aliphatic rings. The van der Waals surface area contributed by atoms with Gasteiger partial charge in [0.1, 0.15) is 17.4 Å². The number of nitrogens with two attached hydrogens (primary N) is 3. The number of benzene rings is 4. The van der Waals surface area contributed by atoms with E-state index in [9.17, 15) is 67.1 Å². The number of nitrogens with one attached hydrogen (secondary N) is 4. The molecule has 332 valence electrons. The van der Waals surface area contributed by atoms with Crippen LogP contribution in [0.1, 0.15) is 46.1 Å². The molecule has 62 heavy (non-hydrogen) atoms. The summed E-state index contributed by atoms with van der Waals surface area (Å²) in [5.41, 5.74) is 13.2. The average molecular weight is 892 g/mol. The lowest BCUT2D eigenvalue weighted by Crippen LogP contribution is -2.36. The molecule has 10 N–H and O–H groups in total. The molecule has 0 aliphatic carbocycles. The number of aryl methyl sites for hydroxylation is 3. The van der Waals surface area contributed by atoms with Crippen LogP contribution in [0.2, 0.25) is 0 Å². The van der Waals surface area contributed by atoms with Crippen molar-refractivity contribution >= 4 is 56.4 Å². The largest absolute Gasteiger partial charge is 0.418 e. The Morgan fingerprint density at radius 1 is 0.532 bits per heavy atom. The van der Waals surface area contributed by atoms with Crippen molar-refractivity contribution < 1.29 is 57.5 Å². The molecule has 7 rings (SSSR count). The third-order valence-electron chi connectivity index (χ3n) is 8.63. The van der Waals surface area contributed by atoms with Crippen LogP contribution in [0.5, 0.6) is 0 Å². The minimum Gasteiger partial charge on any atom is -0.398 e. The number of aromatic nitrogens is 4. The zero-order valence-corrected chi connectivity index (χ0v) is 32.2. The number of rotatable bonds is 0. The summed E-state index contributed by atoms with van der Waals surface area (Å²) < 4.78 is 149. The highest BCUT2D eigenvalue weighted by Crippen LogP contribution is 2.40. The van der Waals surface area contributed by atoms with E-state index < -0.39 is 64.1 Å². The van der Waals surface area contributed by atoms with Gasteiger partial charge in [0.05, 0.1) is 67.1 Å². The summed E-state index contributed by atoms with van der Waals surface area (Å²) in [6.45, 7) is 5.97. The van der Waals surface area contributed by atoms with Crippen molar-refractivity contribution in [2.45, 2.75) is 58.4 Å². The summed E-state index contributed by atoms with van der Waals surface area (Å²) in [6, 6.07) is 9.64. The number of fused-ring (bicyclic) bond motifs is 3. The number of hydrogen-bond acceptors (Lipinski definition) is 9. The van der Waals surface area contributed by atoms with Gasteiger partial charge >= 0.3 is 24.7 Å². The third kappa shape index (κ3) is 11.6. The first-order valence-corrected chi connectivity index (χ1v) is 17.3. The van der Waals surface area contributed by atoms with Crippen LogP contribution in [0, 0.1) is 20.8 Å². The fourth-order valence-corrected chi connectivity index (χ4v) is 5.36. The quantitative estimate of drug-likeness (QED) is 0.0574. The Morgan fingerprint density at radius 2 is 1.03 bits per heavy atom. The summed E-state index contributed by atoms with van der Waals surface area (Å²) in [5.74, 6) is -0.379. The van der Waals surface area contributed by atoms with Crippen LogP contribution in [-0.4, -0.2) is 31.9 Å². The van der Waals surface area contributed by atoms with Gasteiger partial charge in [0.25, 0.3) is 11.1 Å². The minimum absolute atomic E-state index is 0.0511. The molecule has 0 bridgehead atoms. The Morgan fingerprint density at radius 3 is 1.55 bits per heavy atom. The number of H-pyrrole nitrogens is 2. The van der Waals surface area contributed by atoms with Crippen LogP contribution < -0.4 is 39.0 Å². The fraction of sp³-hybridized carbons (Fsp3) is 0.237. The van der Waals surface area contributed by atoms with Crippen LogP contribution in [0.25, 0.3) is 22.1 Å². The smallest absolute Gasteiger partial charge is 0.398 e. The summed E-state index contributed by atoms with van der Waals surface area (Å²) in [7, 11) is 0. The monoisotopic (exact) mass is 891 g/mol. The van der Waals surface area contributed by atoms with Gasteiger partial charge in [-0.05, 0) is 93.9 Å². The Bertz CT molecular complexity index is 2760. The topological polar surface area (TPSA) is 211 Å². The first kappa shape index (κ1) is 47.7. The molecule has 0 radical (unpaired) electrons. The van der Waals surface area contributed by atoms with Gasteiger partial charge in [-0.25, -0.2) is 9.97 Å². The molecule has 0 fully saturated rings. The van der Waals surface area contributed by atoms with Gasteiger partial charge in [-0.2, -0.15) is 52.7 Å². The molecule has 1 unspecified atom stereocenters. The third-order valence-corrected chi connectivity index (χ3v) is 8.63. The van der Waals surface area contributed by atoms with E-state index in [0.717, 1.165) is 42.5 Å². The highest BCUT2D eigenvalue weighted by Gasteiger charge is 2.36. The fourth-order valence-electron chi connectivity index (χ4n) is 5.36. The van der Waals surface area contributed by atoms with Crippen molar-refractivity contribution in [3.05, 3.63) is 121 Å². The maximum absolute atomic E-state index is 12.6.